The zero-order valence-electron chi connectivity index (χ0n) is 52.3. The molecule has 79 heavy (non-hydrogen) atoms. The maximum absolute atomic E-state index is 7.66. The van der Waals surface area contributed by atoms with E-state index < -0.39 is 17.2 Å². The van der Waals surface area contributed by atoms with Crippen molar-refractivity contribution in [2.45, 2.75) is 229 Å². The summed E-state index contributed by atoms with van der Waals surface area (Å²) in [4.78, 5) is 0. The second kappa shape index (κ2) is 20.8. The van der Waals surface area contributed by atoms with Gasteiger partial charge in [-0.1, -0.05) is 237 Å². The summed E-state index contributed by atoms with van der Waals surface area (Å²) < 4.78 is 45.5. The van der Waals surface area contributed by atoms with Crippen LogP contribution in [0.4, 0.5) is 0 Å². The third-order valence-electron chi connectivity index (χ3n) is 16.1. The molecule has 0 unspecified atom stereocenters. The summed E-state index contributed by atoms with van der Waals surface area (Å²) in [5, 5.41) is 0. The van der Waals surface area contributed by atoms with Gasteiger partial charge in [0.05, 0.1) is 0 Å². The summed E-state index contributed by atoms with van der Waals surface area (Å²) in [6.07, 6.45) is 2.23. The molecule has 422 valence electrons. The van der Waals surface area contributed by atoms with E-state index in [1.54, 1.807) is 0 Å². The molecule has 0 amide bonds. The van der Waals surface area contributed by atoms with Crippen LogP contribution in [-0.2, 0) is 58.2 Å². The predicted octanol–water partition coefficient (Wildman–Crippen LogP) is 20.9. The van der Waals surface area contributed by atoms with Crippen molar-refractivity contribution < 1.29 is 27.1 Å². The van der Waals surface area contributed by atoms with Crippen molar-refractivity contribution in [1.29, 1.82) is 0 Å². The highest BCUT2D eigenvalue weighted by molar-refractivity contribution is 7.43. The summed E-state index contributed by atoms with van der Waals surface area (Å²) in [6.45, 7) is 52.5. The van der Waals surface area contributed by atoms with Gasteiger partial charge in [-0.3, -0.25) is 0 Å². The standard InChI is InChI=1S/C71H92O6P2/c1-41(2)56-25-24-26-57(42(3)4)64(56)76-78-72-60-44-29-45-34-53(67(9,10)11)36-47(61(45)73-78)31-49-38-55(69(15,16)17)40-51-32-50-39-54(68(12,13)14)37-48(30-46(60)35-52(33-44)66(6,7)8)62(50)74-79(75-63(49)51)77-65-58(70(18,19)20)27-43(5)28-59(65)71(21,22)23/h24-28,33-42H,29-32H2,1-23H3. The van der Waals surface area contributed by atoms with Crippen LogP contribution < -0.4 is 27.1 Å². The lowest BCUT2D eigenvalue weighted by Gasteiger charge is -2.34. The van der Waals surface area contributed by atoms with Crippen LogP contribution >= 0.6 is 17.2 Å². The smallest absolute Gasteiger partial charge is 0.408 e. The Balaban J connectivity index is 1.43. The molecule has 6 aliphatic rings. The van der Waals surface area contributed by atoms with Crippen LogP contribution in [0.15, 0.2) is 78.9 Å². The molecule has 5 aliphatic heterocycles. The van der Waals surface area contributed by atoms with E-state index in [0.717, 1.165) is 101 Å². The first-order valence-electron chi connectivity index (χ1n) is 29.1. The zero-order chi connectivity index (χ0) is 57.9. The third kappa shape index (κ3) is 12.3. The van der Waals surface area contributed by atoms with Crippen LogP contribution in [0, 0.1) is 6.92 Å². The number of hydrogen-bond acceptors (Lipinski definition) is 6. The molecule has 0 saturated carbocycles. The van der Waals surface area contributed by atoms with Crippen molar-refractivity contribution in [1.82, 2.24) is 0 Å². The van der Waals surface area contributed by atoms with Crippen molar-refractivity contribution >= 4 is 17.2 Å². The fourth-order valence-electron chi connectivity index (χ4n) is 11.2. The first kappa shape index (κ1) is 58.6. The molecule has 1 aliphatic carbocycles. The van der Waals surface area contributed by atoms with Gasteiger partial charge in [-0.05, 0) is 129 Å². The third-order valence-corrected chi connectivity index (χ3v) is 18.1. The summed E-state index contributed by atoms with van der Waals surface area (Å²) in [6, 6.07) is 30.2. The maximum atomic E-state index is 7.66. The molecule has 12 bridgehead atoms. The molecule has 6 aromatic carbocycles. The number of hydrogen-bond donors (Lipinski definition) is 0. The van der Waals surface area contributed by atoms with Crippen molar-refractivity contribution in [2.75, 3.05) is 0 Å². The van der Waals surface area contributed by atoms with E-state index in [9.17, 15) is 0 Å². The number of aryl methyl sites for hydroxylation is 1. The minimum absolute atomic E-state index is 0.184. The molecule has 5 heterocycles. The summed E-state index contributed by atoms with van der Waals surface area (Å²) in [7, 11) is -4.24. The SMILES string of the molecule is Cc1cc(C(C)(C)C)c(OP2Oc3c4cc(C(C)(C)C)cc3Cc3cc(C(C)(C)C)cc(c3O2)Cc2cc(C(C)(C)C)cc3c2OP(Oc2c(C(C)C)cccc2C(C)C)Oc2c(cc(C(C)(C)C)cc2C4)C3)c(C(C)(C)C)c1. The number of rotatable bonds is 6. The van der Waals surface area contributed by atoms with E-state index in [-0.39, 0.29) is 44.3 Å². The van der Waals surface area contributed by atoms with Crippen molar-refractivity contribution in [3.8, 4) is 34.5 Å². The predicted molar refractivity (Wildman–Crippen MR) is 333 cm³/mol. The minimum atomic E-state index is -2.14. The molecule has 6 aromatic rings. The average Bonchev–Trinajstić information content (AvgIpc) is 3.39. The quantitative estimate of drug-likeness (QED) is 0.155. The average molecular weight is 1100 g/mol. The summed E-state index contributed by atoms with van der Waals surface area (Å²) >= 11 is 0. The Kier molecular flexibility index (Phi) is 15.4. The van der Waals surface area contributed by atoms with Gasteiger partial charge in [0.2, 0.25) is 0 Å². The van der Waals surface area contributed by atoms with Gasteiger partial charge in [-0.15, -0.1) is 0 Å². The van der Waals surface area contributed by atoms with Crippen LogP contribution in [0.25, 0.3) is 0 Å². The number of para-hydroxylation sites is 1. The molecule has 0 N–H and O–H groups in total. The van der Waals surface area contributed by atoms with Gasteiger partial charge in [0.25, 0.3) is 0 Å². The van der Waals surface area contributed by atoms with Gasteiger partial charge in [0, 0.05) is 36.8 Å². The Labute approximate surface area is 479 Å². The van der Waals surface area contributed by atoms with Crippen molar-refractivity contribution in [3.05, 3.63) is 173 Å². The largest absolute Gasteiger partial charge is 0.530 e. The Hall–Kier alpha value is -5.02. The second-order valence-corrected chi connectivity index (χ2v) is 32.0. The molecule has 0 fully saturated rings. The van der Waals surface area contributed by atoms with Gasteiger partial charge in [-0.2, -0.15) is 0 Å². The fraction of sp³-hybridized carbons (Fsp3) is 0.493. The minimum Gasteiger partial charge on any atom is -0.408 e. The first-order chi connectivity index (χ1) is 36.4. The molecular weight excluding hydrogens is 1010 g/mol. The molecule has 0 atom stereocenters. The fourth-order valence-corrected chi connectivity index (χ4v) is 13.7. The van der Waals surface area contributed by atoms with Crippen LogP contribution in [0.2, 0.25) is 0 Å². The molecule has 0 aromatic heterocycles. The summed E-state index contributed by atoms with van der Waals surface area (Å²) in [5.41, 5.74) is 18.1. The Morgan fingerprint density at radius 1 is 0.354 bits per heavy atom. The van der Waals surface area contributed by atoms with Crippen LogP contribution in [0.1, 0.15) is 259 Å². The van der Waals surface area contributed by atoms with Gasteiger partial charge >= 0.3 is 17.2 Å². The van der Waals surface area contributed by atoms with Crippen LogP contribution in [0.3, 0.4) is 0 Å². The van der Waals surface area contributed by atoms with E-state index >= 15 is 0 Å². The highest BCUT2D eigenvalue weighted by Gasteiger charge is 2.39. The molecular formula is C71H92O6P2. The van der Waals surface area contributed by atoms with Gasteiger partial charge < -0.3 is 27.1 Å². The van der Waals surface area contributed by atoms with Crippen LogP contribution in [-0.4, -0.2) is 0 Å². The Bertz CT molecular complexity index is 3110. The molecule has 0 saturated heterocycles. The maximum Gasteiger partial charge on any atom is 0.530 e. The highest BCUT2D eigenvalue weighted by atomic mass is 31.2. The number of benzene rings is 6. The normalized spacial score (nSPS) is 16.7. The van der Waals surface area contributed by atoms with Gasteiger partial charge in [0.1, 0.15) is 34.5 Å². The molecule has 0 radical (unpaired) electrons. The molecule has 12 rings (SSSR count). The summed E-state index contributed by atoms with van der Waals surface area (Å²) in [5.74, 6) is 5.27. The van der Waals surface area contributed by atoms with Gasteiger partial charge in [-0.25, -0.2) is 0 Å². The highest BCUT2D eigenvalue weighted by Crippen LogP contribution is 2.57. The van der Waals surface area contributed by atoms with E-state index in [1.165, 1.54) is 27.8 Å². The lowest BCUT2D eigenvalue weighted by Crippen LogP contribution is -2.21. The van der Waals surface area contributed by atoms with E-state index in [0.29, 0.717) is 25.7 Å². The Morgan fingerprint density at radius 3 is 0.810 bits per heavy atom. The molecule has 0 spiro atoms. The monoisotopic (exact) mass is 1100 g/mol. The van der Waals surface area contributed by atoms with E-state index in [4.69, 9.17) is 27.1 Å². The Morgan fingerprint density at radius 2 is 0.595 bits per heavy atom. The van der Waals surface area contributed by atoms with E-state index in [2.05, 4.69) is 238 Å². The van der Waals surface area contributed by atoms with Crippen molar-refractivity contribution in [3.63, 3.8) is 0 Å². The molecule has 6 nitrogen and oxygen atoms in total. The topological polar surface area (TPSA) is 55.4 Å². The molecule has 8 heteroatoms. The van der Waals surface area contributed by atoms with Crippen LogP contribution in [0.5, 0.6) is 34.5 Å². The first-order valence-corrected chi connectivity index (χ1v) is 31.2. The lowest BCUT2D eigenvalue weighted by atomic mass is 9.78. The van der Waals surface area contributed by atoms with E-state index in [1.807, 2.05) is 0 Å². The van der Waals surface area contributed by atoms with Gasteiger partial charge in [0.15, 0.2) is 0 Å². The van der Waals surface area contributed by atoms with Crippen molar-refractivity contribution in [2.24, 2.45) is 0 Å². The zero-order valence-corrected chi connectivity index (χ0v) is 54.1. The second-order valence-electron chi connectivity index (χ2n) is 30.0. The lowest BCUT2D eigenvalue weighted by molar-refractivity contribution is 0.366.